The number of halogens is 1. The van der Waals surface area contributed by atoms with Crippen LogP contribution in [0.15, 0.2) is 53.4 Å². The number of carbonyl (C=O) groups excluding carboxylic acids is 3. The van der Waals surface area contributed by atoms with Gasteiger partial charge in [0.15, 0.2) is 6.61 Å². The van der Waals surface area contributed by atoms with E-state index in [1.807, 2.05) is 36.4 Å². The molecule has 2 aromatic carbocycles. The Morgan fingerprint density at radius 2 is 1.72 bits per heavy atom. The minimum Gasteiger partial charge on any atom is -0.452 e. The van der Waals surface area contributed by atoms with Crippen LogP contribution >= 0.6 is 23.4 Å². The summed E-state index contributed by atoms with van der Waals surface area (Å²) in [5.41, 5.74) is 1.36. The molecule has 0 aromatic heterocycles. The summed E-state index contributed by atoms with van der Waals surface area (Å²) < 4.78 is 9.70. The van der Waals surface area contributed by atoms with Gasteiger partial charge in [-0.2, -0.15) is 0 Å². The first-order chi connectivity index (χ1) is 14.0. The molecule has 0 radical (unpaired) electrons. The summed E-state index contributed by atoms with van der Waals surface area (Å²) >= 11 is 7.52. The van der Waals surface area contributed by atoms with Crippen molar-refractivity contribution in [2.45, 2.75) is 10.6 Å². The molecule has 9 heteroatoms. The third-order valence-corrected chi connectivity index (χ3v) is 4.92. The van der Waals surface area contributed by atoms with Crippen molar-refractivity contribution in [3.05, 3.63) is 64.7 Å². The molecule has 7 nitrogen and oxygen atoms in total. The van der Waals surface area contributed by atoms with Crippen LogP contribution in [-0.4, -0.2) is 44.8 Å². The highest BCUT2D eigenvalue weighted by Gasteiger charge is 2.12. The number of thioether (sulfide) groups is 1. The Bertz CT molecular complexity index is 828. The summed E-state index contributed by atoms with van der Waals surface area (Å²) in [6.45, 7) is 0.0353. The summed E-state index contributed by atoms with van der Waals surface area (Å²) in [6.07, 6.45) is 0. The molecule has 2 rings (SSSR count). The van der Waals surface area contributed by atoms with Crippen LogP contribution in [0.1, 0.15) is 15.9 Å². The molecule has 0 atom stereocenters. The maximum Gasteiger partial charge on any atom is 0.338 e. The van der Waals surface area contributed by atoms with E-state index in [1.54, 1.807) is 23.9 Å². The van der Waals surface area contributed by atoms with Crippen LogP contribution in [0.3, 0.4) is 0 Å². The largest absolute Gasteiger partial charge is 0.452 e. The van der Waals surface area contributed by atoms with Gasteiger partial charge < -0.3 is 14.8 Å². The second-order valence-electron chi connectivity index (χ2n) is 5.81. The van der Waals surface area contributed by atoms with Crippen LogP contribution < -0.4 is 10.6 Å². The van der Waals surface area contributed by atoms with E-state index in [0.717, 1.165) is 16.2 Å². The van der Waals surface area contributed by atoms with Crippen molar-refractivity contribution >= 4 is 41.3 Å². The van der Waals surface area contributed by atoms with E-state index in [0.29, 0.717) is 17.2 Å². The van der Waals surface area contributed by atoms with Crippen LogP contribution in [0.2, 0.25) is 5.02 Å². The lowest BCUT2D eigenvalue weighted by Gasteiger charge is -2.08. The number of amides is 3. The van der Waals surface area contributed by atoms with Gasteiger partial charge in [0.05, 0.1) is 12.2 Å². The highest BCUT2D eigenvalue weighted by atomic mass is 35.5. The Kier molecular flexibility index (Phi) is 9.49. The molecular formula is C20H21ClN2O5S. The van der Waals surface area contributed by atoms with Gasteiger partial charge in [0, 0.05) is 29.3 Å². The number of methoxy groups -OCH3 is 1. The Balaban J connectivity index is 1.74. The first kappa shape index (κ1) is 22.7. The smallest absolute Gasteiger partial charge is 0.338 e. The number of hydrogen-bond donors (Lipinski definition) is 2. The zero-order valence-corrected chi connectivity index (χ0v) is 17.3. The van der Waals surface area contributed by atoms with Gasteiger partial charge in [0.1, 0.15) is 0 Å². The summed E-state index contributed by atoms with van der Waals surface area (Å²) in [5.74, 6) is -0.626. The summed E-state index contributed by atoms with van der Waals surface area (Å²) in [5, 5.41) is 5.17. The van der Waals surface area contributed by atoms with E-state index in [4.69, 9.17) is 21.1 Å². The average molecular weight is 437 g/mol. The molecule has 2 N–H and O–H groups in total. The molecular weight excluding hydrogens is 416 g/mol. The lowest BCUT2D eigenvalue weighted by Crippen LogP contribution is -2.42. The fourth-order valence-corrected chi connectivity index (χ4v) is 3.10. The predicted octanol–water partition coefficient (Wildman–Crippen LogP) is 3.26. The molecule has 0 spiro atoms. The average Bonchev–Trinajstić information content (AvgIpc) is 2.72. The van der Waals surface area contributed by atoms with Gasteiger partial charge in [-0.05, 0) is 42.0 Å². The van der Waals surface area contributed by atoms with Crippen molar-refractivity contribution in [2.75, 3.05) is 26.9 Å². The monoisotopic (exact) mass is 436 g/mol. The van der Waals surface area contributed by atoms with Gasteiger partial charge in [0.25, 0.3) is 5.91 Å². The molecule has 2 aromatic rings. The number of urea groups is 1. The van der Waals surface area contributed by atoms with Crippen molar-refractivity contribution in [1.29, 1.82) is 0 Å². The maximum atomic E-state index is 12.0. The van der Waals surface area contributed by atoms with E-state index < -0.39 is 24.5 Å². The molecule has 29 heavy (non-hydrogen) atoms. The summed E-state index contributed by atoms with van der Waals surface area (Å²) in [6, 6.07) is 13.8. The fourth-order valence-electron chi connectivity index (χ4n) is 2.12. The van der Waals surface area contributed by atoms with Gasteiger partial charge in [0.2, 0.25) is 0 Å². The number of rotatable bonds is 9. The molecule has 0 heterocycles. The Morgan fingerprint density at radius 1 is 1.03 bits per heavy atom. The topological polar surface area (TPSA) is 93.7 Å². The van der Waals surface area contributed by atoms with Gasteiger partial charge in [-0.1, -0.05) is 23.7 Å². The molecule has 0 fully saturated rings. The van der Waals surface area contributed by atoms with E-state index in [-0.39, 0.29) is 6.54 Å². The first-order valence-corrected chi connectivity index (χ1v) is 10.1. The predicted molar refractivity (Wildman–Crippen MR) is 111 cm³/mol. The molecule has 0 saturated heterocycles. The van der Waals surface area contributed by atoms with Gasteiger partial charge in [-0.3, -0.25) is 10.1 Å². The van der Waals surface area contributed by atoms with Gasteiger partial charge in [-0.25, -0.2) is 9.59 Å². The summed E-state index contributed by atoms with van der Waals surface area (Å²) in [7, 11) is 1.50. The Hall–Kier alpha value is -2.55. The molecule has 3 amide bonds. The number of nitrogens with one attached hydrogen (secondary N) is 2. The van der Waals surface area contributed by atoms with Crippen LogP contribution in [0.4, 0.5) is 4.79 Å². The van der Waals surface area contributed by atoms with Crippen molar-refractivity contribution in [2.24, 2.45) is 0 Å². The van der Waals surface area contributed by atoms with E-state index in [1.165, 1.54) is 7.11 Å². The van der Waals surface area contributed by atoms with Gasteiger partial charge in [-0.15, -0.1) is 11.8 Å². The number of ether oxygens (including phenoxy) is 2. The lowest BCUT2D eigenvalue weighted by atomic mass is 10.1. The van der Waals surface area contributed by atoms with Crippen LogP contribution in [-0.2, 0) is 20.0 Å². The number of benzene rings is 2. The van der Waals surface area contributed by atoms with Crippen LogP contribution in [0.25, 0.3) is 0 Å². The number of esters is 1. The Labute approximate surface area is 178 Å². The molecule has 0 aliphatic carbocycles. The zero-order valence-electron chi connectivity index (χ0n) is 15.8. The second-order valence-corrected chi connectivity index (χ2v) is 7.30. The number of hydrogen-bond acceptors (Lipinski definition) is 6. The van der Waals surface area contributed by atoms with E-state index >= 15 is 0 Å². The molecule has 0 aliphatic rings. The minimum atomic E-state index is -0.718. The number of imide groups is 1. The highest BCUT2D eigenvalue weighted by molar-refractivity contribution is 7.98. The first-order valence-electron chi connectivity index (χ1n) is 8.69. The molecule has 0 bridgehead atoms. The normalized spacial score (nSPS) is 10.3. The number of carbonyl (C=O) groups is 3. The SMILES string of the molecule is COCCNC(=O)NC(=O)COC(=O)c1ccc(CSc2ccc(Cl)cc2)cc1. The third-order valence-electron chi connectivity index (χ3n) is 3.59. The fraction of sp³-hybridized carbons (Fsp3) is 0.250. The third kappa shape index (κ3) is 8.55. The van der Waals surface area contributed by atoms with Crippen molar-refractivity contribution in [3.8, 4) is 0 Å². The van der Waals surface area contributed by atoms with Crippen molar-refractivity contribution in [3.63, 3.8) is 0 Å². The molecule has 154 valence electrons. The maximum absolute atomic E-state index is 12.0. The molecule has 0 aliphatic heterocycles. The lowest BCUT2D eigenvalue weighted by molar-refractivity contribution is -0.123. The molecule has 0 saturated carbocycles. The minimum absolute atomic E-state index is 0.262. The van der Waals surface area contributed by atoms with E-state index in [2.05, 4.69) is 10.6 Å². The van der Waals surface area contributed by atoms with E-state index in [9.17, 15) is 14.4 Å². The summed E-state index contributed by atoms with van der Waals surface area (Å²) in [4.78, 5) is 36.2. The zero-order chi connectivity index (χ0) is 21.1. The van der Waals surface area contributed by atoms with Crippen molar-refractivity contribution < 1.29 is 23.9 Å². The Morgan fingerprint density at radius 3 is 2.38 bits per heavy atom. The van der Waals surface area contributed by atoms with Crippen LogP contribution in [0.5, 0.6) is 0 Å². The van der Waals surface area contributed by atoms with Crippen LogP contribution in [0, 0.1) is 0 Å². The quantitative estimate of drug-likeness (QED) is 0.356. The second kappa shape index (κ2) is 12.1. The molecule has 0 unspecified atom stereocenters. The van der Waals surface area contributed by atoms with Crippen molar-refractivity contribution in [1.82, 2.24) is 10.6 Å². The highest BCUT2D eigenvalue weighted by Crippen LogP contribution is 2.24. The standard InChI is InChI=1S/C20H21ClN2O5S/c1-27-11-10-22-20(26)23-18(24)12-28-19(25)15-4-2-14(3-5-15)13-29-17-8-6-16(21)7-9-17/h2-9H,10-13H2,1H3,(H2,22,23,24,26). The van der Waals surface area contributed by atoms with Gasteiger partial charge >= 0.3 is 12.0 Å².